The van der Waals surface area contributed by atoms with Crippen LogP contribution >= 0.6 is 0 Å². The smallest absolute Gasteiger partial charge is 0.240 e. The molecule has 0 atom stereocenters. The second-order valence-electron chi connectivity index (χ2n) is 7.54. The van der Waals surface area contributed by atoms with Gasteiger partial charge in [0.15, 0.2) is 0 Å². The summed E-state index contributed by atoms with van der Waals surface area (Å²) >= 11 is 0. The molecule has 2 aromatic rings. The van der Waals surface area contributed by atoms with Crippen LogP contribution in [-0.4, -0.2) is 66.7 Å². The van der Waals surface area contributed by atoms with E-state index < -0.39 is 20.0 Å². The minimum absolute atomic E-state index is 0.140. The number of sulfonamides is 2. The highest BCUT2D eigenvalue weighted by Gasteiger charge is 2.27. The van der Waals surface area contributed by atoms with E-state index in [0.29, 0.717) is 26.2 Å². The maximum absolute atomic E-state index is 12.7. The molecule has 10 heteroatoms. The summed E-state index contributed by atoms with van der Waals surface area (Å²) < 4.78 is 59.3. The molecule has 1 aliphatic rings. The SMILES string of the molecule is COc1ccc(N2CCN(S(=O)(=O)CCNS(=O)(=O)c3ccc(C)c(C)c3)CC2)cc1. The fraction of sp³-hybridized carbons (Fsp3) is 0.429. The number of hydrogen-bond donors (Lipinski definition) is 1. The Morgan fingerprint density at radius 3 is 2.13 bits per heavy atom. The van der Waals surface area contributed by atoms with Crippen molar-refractivity contribution in [3.63, 3.8) is 0 Å². The van der Waals surface area contributed by atoms with E-state index in [1.165, 1.54) is 10.4 Å². The number of rotatable bonds is 8. The first-order valence-corrected chi connectivity index (χ1v) is 13.2. The molecule has 3 rings (SSSR count). The van der Waals surface area contributed by atoms with Gasteiger partial charge in [0.2, 0.25) is 20.0 Å². The Kier molecular flexibility index (Phi) is 7.25. The van der Waals surface area contributed by atoms with Crippen molar-refractivity contribution in [3.8, 4) is 5.75 Å². The van der Waals surface area contributed by atoms with Gasteiger partial charge in [0.05, 0.1) is 17.8 Å². The average Bonchev–Trinajstić information content (AvgIpc) is 2.75. The highest BCUT2D eigenvalue weighted by molar-refractivity contribution is 7.90. The zero-order valence-electron chi connectivity index (χ0n) is 18.0. The Balaban J connectivity index is 1.53. The number of methoxy groups -OCH3 is 1. The Hall–Kier alpha value is -2.14. The predicted octanol–water partition coefficient (Wildman–Crippen LogP) is 1.74. The summed E-state index contributed by atoms with van der Waals surface area (Å²) in [5.74, 6) is 0.493. The Morgan fingerprint density at radius 1 is 0.903 bits per heavy atom. The largest absolute Gasteiger partial charge is 0.497 e. The molecule has 1 saturated heterocycles. The number of nitrogens with one attached hydrogen (secondary N) is 1. The molecular formula is C21H29N3O5S2. The minimum Gasteiger partial charge on any atom is -0.497 e. The second-order valence-corrected chi connectivity index (χ2v) is 11.4. The first-order chi connectivity index (χ1) is 14.6. The summed E-state index contributed by atoms with van der Waals surface area (Å²) in [5, 5.41) is 0. The number of hydrogen-bond acceptors (Lipinski definition) is 6. The molecule has 0 spiro atoms. The molecule has 1 N–H and O–H groups in total. The summed E-state index contributed by atoms with van der Waals surface area (Å²) in [7, 11) is -5.70. The van der Waals surface area contributed by atoms with Crippen LogP contribution in [-0.2, 0) is 20.0 Å². The van der Waals surface area contributed by atoms with Crippen LogP contribution in [0.1, 0.15) is 11.1 Å². The lowest BCUT2D eigenvalue weighted by atomic mass is 10.1. The lowest BCUT2D eigenvalue weighted by molar-refractivity contribution is 0.384. The molecule has 0 saturated carbocycles. The summed E-state index contributed by atoms with van der Waals surface area (Å²) in [5.41, 5.74) is 2.87. The van der Waals surface area contributed by atoms with Crippen molar-refractivity contribution in [3.05, 3.63) is 53.6 Å². The second kappa shape index (κ2) is 9.56. The number of aryl methyl sites for hydroxylation is 2. The number of ether oxygens (including phenoxy) is 1. The molecule has 0 unspecified atom stereocenters. The van der Waals surface area contributed by atoms with Crippen LogP contribution in [0.3, 0.4) is 0 Å². The molecule has 0 aromatic heterocycles. The summed E-state index contributed by atoms with van der Waals surface area (Å²) in [4.78, 5) is 2.26. The Labute approximate surface area is 184 Å². The van der Waals surface area contributed by atoms with Crippen LogP contribution in [0, 0.1) is 13.8 Å². The van der Waals surface area contributed by atoms with Crippen molar-refractivity contribution in [2.75, 3.05) is 50.5 Å². The van der Waals surface area contributed by atoms with Crippen LogP contribution < -0.4 is 14.4 Å². The van der Waals surface area contributed by atoms with Gasteiger partial charge in [0.25, 0.3) is 0 Å². The molecule has 2 aromatic carbocycles. The Morgan fingerprint density at radius 2 is 1.55 bits per heavy atom. The van der Waals surface area contributed by atoms with Crippen LogP contribution in [0.15, 0.2) is 47.4 Å². The third-order valence-corrected chi connectivity index (χ3v) is 8.84. The van der Waals surface area contributed by atoms with Crippen LogP contribution in [0.4, 0.5) is 5.69 Å². The van der Waals surface area contributed by atoms with E-state index in [4.69, 9.17) is 4.74 Å². The third kappa shape index (κ3) is 5.76. The van der Waals surface area contributed by atoms with Crippen molar-refractivity contribution in [1.82, 2.24) is 9.03 Å². The van der Waals surface area contributed by atoms with Crippen molar-refractivity contribution in [2.45, 2.75) is 18.7 Å². The predicted molar refractivity (Wildman–Crippen MR) is 122 cm³/mol. The van der Waals surface area contributed by atoms with Crippen molar-refractivity contribution < 1.29 is 21.6 Å². The standard InChI is InChI=1S/C21H29N3O5S2/c1-17-4-9-21(16-18(17)2)31(27,28)22-10-15-30(25,26)24-13-11-23(12-14-24)19-5-7-20(29-3)8-6-19/h4-9,16,22H,10-15H2,1-3H3. The van der Waals surface area contributed by atoms with Gasteiger partial charge >= 0.3 is 0 Å². The van der Waals surface area contributed by atoms with Gasteiger partial charge in [-0.15, -0.1) is 0 Å². The van der Waals surface area contributed by atoms with E-state index in [1.54, 1.807) is 19.2 Å². The zero-order valence-corrected chi connectivity index (χ0v) is 19.7. The van der Waals surface area contributed by atoms with E-state index in [1.807, 2.05) is 38.1 Å². The van der Waals surface area contributed by atoms with E-state index in [9.17, 15) is 16.8 Å². The number of benzene rings is 2. The average molecular weight is 468 g/mol. The van der Waals surface area contributed by atoms with Gasteiger partial charge < -0.3 is 9.64 Å². The Bertz CT molecular complexity index is 1110. The van der Waals surface area contributed by atoms with E-state index in [0.717, 1.165) is 22.6 Å². The van der Waals surface area contributed by atoms with E-state index >= 15 is 0 Å². The highest BCUT2D eigenvalue weighted by atomic mass is 32.2. The number of nitrogens with zero attached hydrogens (tertiary/aromatic N) is 2. The monoisotopic (exact) mass is 467 g/mol. The van der Waals surface area contributed by atoms with Gasteiger partial charge in [0, 0.05) is 38.4 Å². The molecule has 31 heavy (non-hydrogen) atoms. The van der Waals surface area contributed by atoms with Gasteiger partial charge in [-0.05, 0) is 61.4 Å². The van der Waals surface area contributed by atoms with Crippen molar-refractivity contribution in [1.29, 1.82) is 0 Å². The molecule has 8 nitrogen and oxygen atoms in total. The highest BCUT2D eigenvalue weighted by Crippen LogP contribution is 2.21. The summed E-state index contributed by atoms with van der Waals surface area (Å²) in [6.07, 6.45) is 0. The minimum atomic E-state index is -3.75. The fourth-order valence-corrected chi connectivity index (χ4v) is 6.00. The molecule has 1 heterocycles. The molecular weight excluding hydrogens is 438 g/mol. The van der Waals surface area contributed by atoms with Crippen LogP contribution in [0.25, 0.3) is 0 Å². The summed E-state index contributed by atoms with van der Waals surface area (Å²) in [6.45, 7) is 5.43. The van der Waals surface area contributed by atoms with Crippen LogP contribution in [0.5, 0.6) is 5.75 Å². The molecule has 0 bridgehead atoms. The van der Waals surface area contributed by atoms with Crippen molar-refractivity contribution >= 4 is 25.7 Å². The maximum atomic E-state index is 12.7. The normalized spacial score (nSPS) is 15.8. The molecule has 0 amide bonds. The van der Waals surface area contributed by atoms with Crippen LogP contribution in [0.2, 0.25) is 0 Å². The number of anilines is 1. The van der Waals surface area contributed by atoms with Gasteiger partial charge in [-0.3, -0.25) is 0 Å². The first kappa shape index (κ1) is 23.5. The van der Waals surface area contributed by atoms with E-state index in [-0.39, 0.29) is 17.2 Å². The topological polar surface area (TPSA) is 96.0 Å². The lowest BCUT2D eigenvalue weighted by Crippen LogP contribution is -2.50. The number of piperazine rings is 1. The van der Waals surface area contributed by atoms with Gasteiger partial charge in [-0.25, -0.2) is 21.6 Å². The molecule has 0 aliphatic carbocycles. The van der Waals surface area contributed by atoms with Crippen molar-refractivity contribution in [2.24, 2.45) is 0 Å². The first-order valence-electron chi connectivity index (χ1n) is 10.1. The van der Waals surface area contributed by atoms with Gasteiger partial charge in [0.1, 0.15) is 5.75 Å². The zero-order chi connectivity index (χ0) is 22.6. The fourth-order valence-electron chi connectivity index (χ4n) is 3.42. The maximum Gasteiger partial charge on any atom is 0.240 e. The third-order valence-electron chi connectivity index (χ3n) is 5.51. The lowest BCUT2D eigenvalue weighted by Gasteiger charge is -2.35. The van der Waals surface area contributed by atoms with E-state index in [2.05, 4.69) is 9.62 Å². The molecule has 1 fully saturated rings. The molecule has 0 radical (unpaired) electrons. The quantitative estimate of drug-likeness (QED) is 0.635. The van der Waals surface area contributed by atoms with Gasteiger partial charge in [-0.2, -0.15) is 4.31 Å². The molecule has 170 valence electrons. The van der Waals surface area contributed by atoms with Gasteiger partial charge in [-0.1, -0.05) is 6.07 Å². The molecule has 1 aliphatic heterocycles. The summed E-state index contributed by atoms with van der Waals surface area (Å²) in [6, 6.07) is 12.5.